The molecule has 0 atom stereocenters. The molecule has 0 saturated carbocycles. The van der Waals surface area contributed by atoms with Crippen LogP contribution >= 0.6 is 0 Å². The number of phenols is 3. The maximum absolute atomic E-state index is 13.9. The van der Waals surface area contributed by atoms with E-state index in [0.717, 1.165) is 0 Å². The molecule has 6 rings (SSSR count). The van der Waals surface area contributed by atoms with E-state index in [2.05, 4.69) is 31.6 Å². The minimum atomic E-state index is -0.880. The number of anilines is 1. The number of hydrazone groups is 3. The van der Waals surface area contributed by atoms with Gasteiger partial charge in [-0.3, -0.25) is 14.4 Å². The van der Waals surface area contributed by atoms with Gasteiger partial charge in [0, 0.05) is 57.4 Å². The van der Waals surface area contributed by atoms with Gasteiger partial charge in [-0.25, -0.2) is 16.3 Å². The average molecular weight is 720 g/mol. The van der Waals surface area contributed by atoms with Crippen molar-refractivity contribution in [2.45, 2.75) is 5.92 Å². The van der Waals surface area contributed by atoms with Crippen LogP contribution in [0.3, 0.4) is 0 Å². The van der Waals surface area contributed by atoms with Crippen LogP contribution in [0.4, 0.5) is 5.69 Å². The summed E-state index contributed by atoms with van der Waals surface area (Å²) >= 11 is 0. The molecule has 1 aliphatic rings. The van der Waals surface area contributed by atoms with Crippen LogP contribution in [0, 0.1) is 0 Å². The van der Waals surface area contributed by atoms with Crippen LogP contribution in [0.25, 0.3) is 0 Å². The van der Waals surface area contributed by atoms with Crippen molar-refractivity contribution < 1.29 is 29.7 Å². The predicted molar refractivity (Wildman–Crippen MR) is 205 cm³/mol. The maximum Gasteiger partial charge on any atom is 0.271 e. The number of amides is 3. The van der Waals surface area contributed by atoms with Gasteiger partial charge in [-0.1, -0.05) is 66.7 Å². The van der Waals surface area contributed by atoms with Crippen molar-refractivity contribution in [1.29, 1.82) is 0 Å². The van der Waals surface area contributed by atoms with E-state index < -0.39 is 23.6 Å². The van der Waals surface area contributed by atoms with E-state index in [-0.39, 0.29) is 34.0 Å². The first-order valence-electron chi connectivity index (χ1n) is 16.5. The number of carbonyl (C=O) groups excluding carboxylic acids is 3. The van der Waals surface area contributed by atoms with Crippen LogP contribution in [0.2, 0.25) is 0 Å². The van der Waals surface area contributed by atoms with Gasteiger partial charge in [0.25, 0.3) is 17.7 Å². The number of rotatable bonds is 11. The molecular formula is C41H33N7O6. The normalized spacial score (nSPS) is 13.1. The molecule has 13 nitrogen and oxygen atoms in total. The van der Waals surface area contributed by atoms with Gasteiger partial charge < -0.3 is 20.2 Å². The molecular weight excluding hydrogens is 686 g/mol. The molecule has 6 N–H and O–H groups in total. The Hall–Kier alpha value is -7.80. The molecule has 0 radical (unpaired) electrons. The van der Waals surface area contributed by atoms with Crippen molar-refractivity contribution in [3.63, 3.8) is 0 Å². The first kappa shape index (κ1) is 36.0. The Bertz CT molecular complexity index is 2230. The Labute approximate surface area is 309 Å². The zero-order chi connectivity index (χ0) is 37.9. The van der Waals surface area contributed by atoms with Crippen molar-refractivity contribution in [2.24, 2.45) is 15.3 Å². The highest BCUT2D eigenvalue weighted by Crippen LogP contribution is 2.37. The molecule has 0 aromatic heterocycles. The smallest absolute Gasteiger partial charge is 0.271 e. The lowest BCUT2D eigenvalue weighted by Gasteiger charge is -2.30. The van der Waals surface area contributed by atoms with Crippen molar-refractivity contribution in [2.75, 3.05) is 4.90 Å². The molecule has 0 bridgehead atoms. The lowest BCUT2D eigenvalue weighted by molar-refractivity contribution is -0.118. The topological polar surface area (TPSA) is 188 Å². The monoisotopic (exact) mass is 719 g/mol. The Morgan fingerprint density at radius 3 is 1.31 bits per heavy atom. The fraction of sp³-hybridized carbons (Fsp3) is 0.0244. The molecule has 0 fully saturated rings. The van der Waals surface area contributed by atoms with Crippen LogP contribution in [0.5, 0.6) is 17.2 Å². The van der Waals surface area contributed by atoms with Gasteiger partial charge in [0.1, 0.15) is 17.2 Å². The number of benzene rings is 5. The highest BCUT2D eigenvalue weighted by Gasteiger charge is 2.34. The largest absolute Gasteiger partial charge is 0.507 e. The lowest BCUT2D eigenvalue weighted by Crippen LogP contribution is -2.34. The summed E-state index contributed by atoms with van der Waals surface area (Å²) in [7, 11) is 0. The van der Waals surface area contributed by atoms with E-state index in [1.54, 1.807) is 120 Å². The maximum atomic E-state index is 13.9. The molecule has 5 aromatic rings. The fourth-order valence-corrected chi connectivity index (χ4v) is 5.44. The first-order chi connectivity index (χ1) is 26.3. The third-order valence-corrected chi connectivity index (χ3v) is 8.18. The van der Waals surface area contributed by atoms with E-state index >= 15 is 0 Å². The Morgan fingerprint density at radius 2 is 0.889 bits per heavy atom. The van der Waals surface area contributed by atoms with Crippen molar-refractivity contribution >= 4 is 42.1 Å². The number of hydrogen-bond acceptors (Lipinski definition) is 10. The van der Waals surface area contributed by atoms with Crippen molar-refractivity contribution in [3.05, 3.63) is 179 Å². The van der Waals surface area contributed by atoms with Gasteiger partial charge in [0.05, 0.1) is 18.6 Å². The van der Waals surface area contributed by atoms with Gasteiger partial charge in [-0.15, -0.1) is 0 Å². The second kappa shape index (κ2) is 16.9. The van der Waals surface area contributed by atoms with Gasteiger partial charge in [0.15, 0.2) is 0 Å². The molecule has 1 aliphatic heterocycles. The predicted octanol–water partition coefficient (Wildman–Crippen LogP) is 5.24. The molecule has 3 amide bonds. The second-order valence-corrected chi connectivity index (χ2v) is 11.7. The quantitative estimate of drug-likeness (QED) is 0.0795. The van der Waals surface area contributed by atoms with Gasteiger partial charge in [-0.2, -0.15) is 15.3 Å². The highest BCUT2D eigenvalue weighted by molar-refractivity contribution is 6.04. The summed E-state index contributed by atoms with van der Waals surface area (Å²) in [5.74, 6) is -2.67. The van der Waals surface area contributed by atoms with Gasteiger partial charge in [-0.05, 0) is 66.2 Å². The zero-order valence-corrected chi connectivity index (χ0v) is 28.4. The number of phenolic OH excluding ortho intramolecular Hbond substituents is 3. The highest BCUT2D eigenvalue weighted by atomic mass is 16.3. The molecule has 0 unspecified atom stereocenters. The van der Waals surface area contributed by atoms with E-state index in [0.29, 0.717) is 27.9 Å². The molecule has 1 heterocycles. The first-order valence-corrected chi connectivity index (χ1v) is 16.5. The third kappa shape index (κ3) is 8.73. The van der Waals surface area contributed by atoms with Crippen LogP contribution in [0.15, 0.2) is 166 Å². The minimum absolute atomic E-state index is 0.0164. The number of hydrogen-bond donors (Lipinski definition) is 6. The average Bonchev–Trinajstić information content (AvgIpc) is 3.20. The summed E-state index contributed by atoms with van der Waals surface area (Å²) in [6.45, 7) is 0. The van der Waals surface area contributed by atoms with Crippen LogP contribution < -0.4 is 21.2 Å². The standard InChI is InChI=1S/C41H33N7O6/c49-35-15-7-4-12-29(35)22-42-45-39(52)28-18-20-32(21-19-28)48-25-33(40(53)46-43-23-30-13-5-8-16-36(30)50)38(27-10-2-1-3-11-27)34(26-48)41(54)47-44-24-31-14-6-9-17-37(31)51/h1-26,38,49-51H,(H,45,52)(H,46,53)(H,47,54)/b42-22+,43-23+,44-24+. The molecule has 0 spiro atoms. The third-order valence-electron chi connectivity index (χ3n) is 8.18. The molecule has 5 aromatic carbocycles. The number of nitrogens with one attached hydrogen (secondary N) is 3. The number of aromatic hydroxyl groups is 3. The Kier molecular flexibility index (Phi) is 11.3. The summed E-state index contributed by atoms with van der Waals surface area (Å²) in [5.41, 5.74) is 10.3. The summed E-state index contributed by atoms with van der Waals surface area (Å²) in [4.78, 5) is 42.3. The van der Waals surface area contributed by atoms with Crippen LogP contribution in [0.1, 0.15) is 38.5 Å². The SMILES string of the molecule is O=C(N/N=C/c1ccccc1O)C1=CN(c2ccc(C(=O)N/N=C/c3ccccc3O)cc2)C=C(C(=O)N/N=C/c2ccccc2O)C1c1ccccc1. The van der Waals surface area contributed by atoms with Gasteiger partial charge in [0.2, 0.25) is 0 Å². The van der Waals surface area contributed by atoms with Gasteiger partial charge >= 0.3 is 0 Å². The fourth-order valence-electron chi connectivity index (χ4n) is 5.44. The molecule has 13 heteroatoms. The Morgan fingerprint density at radius 1 is 0.500 bits per heavy atom. The van der Waals surface area contributed by atoms with Crippen molar-refractivity contribution in [3.8, 4) is 17.2 Å². The van der Waals surface area contributed by atoms with Crippen molar-refractivity contribution in [1.82, 2.24) is 16.3 Å². The second-order valence-electron chi connectivity index (χ2n) is 11.7. The number of nitrogens with zero attached hydrogens (tertiary/aromatic N) is 4. The van der Waals surface area contributed by atoms with Crippen LogP contribution in [-0.2, 0) is 9.59 Å². The van der Waals surface area contributed by atoms with E-state index in [4.69, 9.17) is 0 Å². The summed E-state index contributed by atoms with van der Waals surface area (Å²) < 4.78 is 0. The summed E-state index contributed by atoms with van der Waals surface area (Å²) in [5, 5.41) is 42.3. The molecule has 0 saturated heterocycles. The number of para-hydroxylation sites is 3. The molecule has 0 aliphatic carbocycles. The summed E-state index contributed by atoms with van der Waals surface area (Å²) in [6, 6.07) is 34.9. The molecule has 54 heavy (non-hydrogen) atoms. The lowest BCUT2D eigenvalue weighted by atomic mass is 9.82. The molecule has 268 valence electrons. The van der Waals surface area contributed by atoms with E-state index in [1.807, 2.05) is 6.07 Å². The zero-order valence-electron chi connectivity index (χ0n) is 28.4. The number of carbonyl (C=O) groups is 3. The minimum Gasteiger partial charge on any atom is -0.507 e. The Balaban J connectivity index is 1.31. The van der Waals surface area contributed by atoms with E-state index in [1.165, 1.54) is 36.8 Å². The van der Waals surface area contributed by atoms with Crippen LogP contribution in [-0.4, -0.2) is 51.7 Å². The van der Waals surface area contributed by atoms with E-state index in [9.17, 15) is 29.7 Å². The summed E-state index contributed by atoms with van der Waals surface area (Å²) in [6.07, 6.45) is 7.07.